The zero-order valence-electron chi connectivity index (χ0n) is 19.1. The van der Waals surface area contributed by atoms with E-state index >= 15 is 0 Å². The van der Waals surface area contributed by atoms with E-state index < -0.39 is 29.9 Å². The van der Waals surface area contributed by atoms with E-state index in [0.717, 1.165) is 17.2 Å². The molecule has 1 atom stereocenters. The van der Waals surface area contributed by atoms with Crippen LogP contribution >= 0.6 is 0 Å². The molecule has 8 nitrogen and oxygen atoms in total. The summed E-state index contributed by atoms with van der Waals surface area (Å²) < 4.78 is 39.8. The molecule has 0 spiro atoms. The second kappa shape index (κ2) is 8.54. The standard InChI is InChI=1S/C24H20F3N5O3/c1-30(2)22(34)16-10-13(12-28)4-5-15(16)21-20-17(6-7-18(20)33)32(23(35)31(21)3)14-8-9-29-19(11-14)24(25,26)27/h4-5,8-11,21H,6-7H2,1-3H3. The number of benzene rings is 1. The molecule has 1 aromatic heterocycles. The second-order valence-electron chi connectivity index (χ2n) is 8.43. The Balaban J connectivity index is 1.92. The van der Waals surface area contributed by atoms with Crippen LogP contribution < -0.4 is 4.90 Å². The van der Waals surface area contributed by atoms with Gasteiger partial charge in [-0.2, -0.15) is 18.4 Å². The Morgan fingerprint density at radius 1 is 1.17 bits per heavy atom. The summed E-state index contributed by atoms with van der Waals surface area (Å²) in [5.41, 5.74) is 0.0340. The number of anilines is 1. The summed E-state index contributed by atoms with van der Waals surface area (Å²) in [5, 5.41) is 9.32. The number of pyridine rings is 1. The molecule has 1 aliphatic heterocycles. The predicted octanol–water partition coefficient (Wildman–Crippen LogP) is 3.90. The number of Topliss-reactive ketones (excluding diaryl/α,β-unsaturated/α-hetero) is 1. The monoisotopic (exact) mass is 483 g/mol. The highest BCUT2D eigenvalue weighted by Crippen LogP contribution is 2.45. The molecule has 0 saturated heterocycles. The molecular formula is C24H20F3N5O3. The number of rotatable bonds is 3. The van der Waals surface area contributed by atoms with E-state index in [1.165, 1.54) is 55.2 Å². The first kappa shape index (κ1) is 23.9. The van der Waals surface area contributed by atoms with Crippen molar-refractivity contribution in [2.24, 2.45) is 0 Å². The van der Waals surface area contributed by atoms with Gasteiger partial charge in [-0.05, 0) is 36.2 Å². The molecule has 0 N–H and O–H groups in total. The van der Waals surface area contributed by atoms with Gasteiger partial charge >= 0.3 is 12.2 Å². The van der Waals surface area contributed by atoms with Crippen molar-refractivity contribution in [3.8, 4) is 6.07 Å². The number of halogens is 3. The number of nitriles is 1. The average molecular weight is 483 g/mol. The average Bonchev–Trinajstić information content (AvgIpc) is 3.19. The minimum absolute atomic E-state index is 0.0609. The maximum absolute atomic E-state index is 13.5. The predicted molar refractivity (Wildman–Crippen MR) is 118 cm³/mol. The Morgan fingerprint density at radius 3 is 2.51 bits per heavy atom. The van der Waals surface area contributed by atoms with E-state index in [1.807, 2.05) is 6.07 Å². The van der Waals surface area contributed by atoms with Crippen molar-refractivity contribution in [2.45, 2.75) is 25.1 Å². The normalized spacial score (nSPS) is 18.0. The van der Waals surface area contributed by atoms with Crippen molar-refractivity contribution in [1.29, 1.82) is 5.26 Å². The van der Waals surface area contributed by atoms with Crippen molar-refractivity contribution in [3.05, 3.63) is 70.2 Å². The van der Waals surface area contributed by atoms with Crippen molar-refractivity contribution in [3.63, 3.8) is 0 Å². The van der Waals surface area contributed by atoms with Crippen LogP contribution in [0.15, 0.2) is 47.8 Å². The van der Waals surface area contributed by atoms with E-state index in [-0.39, 0.29) is 46.7 Å². The largest absolute Gasteiger partial charge is 0.433 e. The molecular weight excluding hydrogens is 463 g/mol. The number of hydrogen-bond donors (Lipinski definition) is 0. The number of aromatic nitrogens is 1. The van der Waals surface area contributed by atoms with E-state index in [4.69, 9.17) is 0 Å². The van der Waals surface area contributed by atoms with Gasteiger partial charge < -0.3 is 9.80 Å². The maximum atomic E-state index is 13.5. The fourth-order valence-corrected chi connectivity index (χ4v) is 4.42. The smallest absolute Gasteiger partial charge is 0.345 e. The lowest BCUT2D eigenvalue weighted by molar-refractivity contribution is -0.141. The summed E-state index contributed by atoms with van der Waals surface area (Å²) >= 11 is 0. The fourth-order valence-electron chi connectivity index (χ4n) is 4.42. The van der Waals surface area contributed by atoms with Crippen LogP contribution in [0, 0.1) is 11.3 Å². The number of carbonyl (C=O) groups is 3. The van der Waals surface area contributed by atoms with Crippen LogP contribution in [0.2, 0.25) is 0 Å². The zero-order chi connectivity index (χ0) is 25.7. The van der Waals surface area contributed by atoms with Crippen LogP contribution in [0.25, 0.3) is 0 Å². The SMILES string of the molecule is CN(C)C(=O)c1cc(C#N)ccc1C1C2=C(CCC2=O)N(c2ccnc(C(F)(F)F)c2)C(=O)N1C. The van der Waals surface area contributed by atoms with Crippen LogP contribution in [0.3, 0.4) is 0 Å². The number of nitrogens with zero attached hydrogens (tertiary/aromatic N) is 5. The highest BCUT2D eigenvalue weighted by molar-refractivity contribution is 6.08. The molecule has 0 fully saturated rings. The summed E-state index contributed by atoms with van der Waals surface area (Å²) in [5.74, 6) is -0.691. The minimum Gasteiger partial charge on any atom is -0.345 e. The molecule has 3 amide bonds. The van der Waals surface area contributed by atoms with E-state index in [1.54, 1.807) is 0 Å². The minimum atomic E-state index is -4.71. The van der Waals surface area contributed by atoms with Gasteiger partial charge in [-0.15, -0.1) is 0 Å². The number of alkyl halides is 3. The first-order valence-corrected chi connectivity index (χ1v) is 10.6. The van der Waals surface area contributed by atoms with Gasteiger partial charge in [0.1, 0.15) is 5.69 Å². The number of ketones is 1. The zero-order valence-corrected chi connectivity index (χ0v) is 19.1. The molecule has 1 aliphatic carbocycles. The molecule has 180 valence electrons. The number of carbonyl (C=O) groups excluding carboxylic acids is 3. The molecule has 2 aliphatic rings. The molecule has 2 aromatic rings. The summed E-state index contributed by atoms with van der Waals surface area (Å²) in [6, 6.07) is 6.84. The number of hydrogen-bond acceptors (Lipinski definition) is 5. The third kappa shape index (κ3) is 4.01. The van der Waals surface area contributed by atoms with Crippen molar-refractivity contribution < 1.29 is 27.6 Å². The second-order valence-corrected chi connectivity index (χ2v) is 8.43. The molecule has 1 aromatic carbocycles. The van der Waals surface area contributed by atoms with E-state index in [9.17, 15) is 32.8 Å². The molecule has 0 bridgehead atoms. The van der Waals surface area contributed by atoms with Crippen LogP contribution in [0.5, 0.6) is 0 Å². The fraction of sp³-hybridized carbons (Fsp3) is 0.292. The number of allylic oxidation sites excluding steroid dienone is 1. The lowest BCUT2D eigenvalue weighted by Crippen LogP contribution is -2.48. The van der Waals surface area contributed by atoms with Gasteiger partial charge in [0.05, 0.1) is 23.4 Å². The van der Waals surface area contributed by atoms with Crippen molar-refractivity contribution in [2.75, 3.05) is 26.0 Å². The van der Waals surface area contributed by atoms with Gasteiger partial charge in [-0.3, -0.25) is 19.5 Å². The van der Waals surface area contributed by atoms with Crippen LogP contribution in [-0.4, -0.2) is 53.6 Å². The van der Waals surface area contributed by atoms with Crippen molar-refractivity contribution in [1.82, 2.24) is 14.8 Å². The Labute approximate surface area is 198 Å². The molecule has 11 heteroatoms. The van der Waals surface area contributed by atoms with Crippen molar-refractivity contribution >= 4 is 23.4 Å². The van der Waals surface area contributed by atoms with Gasteiger partial charge in [0.15, 0.2) is 5.78 Å². The van der Waals surface area contributed by atoms with Gasteiger partial charge in [-0.25, -0.2) is 4.79 Å². The topological polar surface area (TPSA) is 97.6 Å². The Kier molecular flexibility index (Phi) is 5.84. The summed E-state index contributed by atoms with van der Waals surface area (Å²) in [4.78, 5) is 46.5. The third-order valence-electron chi connectivity index (χ3n) is 6.03. The van der Waals surface area contributed by atoms with E-state index in [2.05, 4.69) is 4.98 Å². The Hall–Kier alpha value is -4.20. The quantitative estimate of drug-likeness (QED) is 0.660. The van der Waals surface area contributed by atoms with Gasteiger partial charge in [0.2, 0.25) is 0 Å². The highest BCUT2D eigenvalue weighted by atomic mass is 19.4. The Bertz CT molecular complexity index is 1330. The van der Waals surface area contributed by atoms with Gasteiger partial charge in [0, 0.05) is 50.6 Å². The molecule has 0 saturated carbocycles. The Morgan fingerprint density at radius 2 is 1.89 bits per heavy atom. The first-order valence-electron chi connectivity index (χ1n) is 10.6. The van der Waals surface area contributed by atoms with E-state index in [0.29, 0.717) is 5.56 Å². The molecule has 0 radical (unpaired) electrons. The number of amides is 3. The van der Waals surface area contributed by atoms with Gasteiger partial charge in [0.25, 0.3) is 5.91 Å². The summed E-state index contributed by atoms with van der Waals surface area (Å²) in [7, 11) is 4.49. The molecule has 35 heavy (non-hydrogen) atoms. The summed E-state index contributed by atoms with van der Waals surface area (Å²) in [6.07, 6.45) is -3.52. The molecule has 1 unspecified atom stereocenters. The lowest BCUT2D eigenvalue weighted by atomic mass is 9.89. The number of likely N-dealkylation sites (N-methyl/N-ethyl adjacent to an activating group) is 1. The van der Waals surface area contributed by atoms with Crippen LogP contribution in [-0.2, 0) is 11.0 Å². The lowest BCUT2D eigenvalue weighted by Gasteiger charge is -2.41. The molecule has 2 heterocycles. The van der Waals surface area contributed by atoms with Crippen LogP contribution in [0.1, 0.15) is 46.1 Å². The summed E-state index contributed by atoms with van der Waals surface area (Å²) in [6.45, 7) is 0. The maximum Gasteiger partial charge on any atom is 0.433 e. The molecule has 4 rings (SSSR count). The third-order valence-corrected chi connectivity index (χ3v) is 6.03. The highest BCUT2D eigenvalue weighted by Gasteiger charge is 2.46. The first-order chi connectivity index (χ1) is 16.5. The number of urea groups is 1. The van der Waals surface area contributed by atoms with Gasteiger partial charge in [-0.1, -0.05) is 6.07 Å². The van der Waals surface area contributed by atoms with Crippen LogP contribution in [0.4, 0.5) is 23.7 Å².